The first-order valence-corrected chi connectivity index (χ1v) is 6.84. The molecule has 0 saturated heterocycles. The number of rotatable bonds is 4. The number of hydrogen-bond donors (Lipinski definition) is 2. The molecule has 0 atom stereocenters. The Bertz CT molecular complexity index is 109. The van der Waals surface area contributed by atoms with Gasteiger partial charge >= 0.3 is 0 Å². The van der Waals surface area contributed by atoms with Gasteiger partial charge in [-0.2, -0.15) is 0 Å². The van der Waals surface area contributed by atoms with Crippen LogP contribution in [0.15, 0.2) is 0 Å². The van der Waals surface area contributed by atoms with E-state index in [-0.39, 0.29) is 9.52 Å². The van der Waals surface area contributed by atoms with Crippen LogP contribution in [-0.2, 0) is 0 Å². The number of nitrogens with one attached hydrogen (secondary N) is 2. The molecule has 0 spiro atoms. The molecule has 3 heteroatoms. The van der Waals surface area contributed by atoms with Gasteiger partial charge in [-0.3, -0.25) is 0 Å². The molecule has 1 aliphatic rings. The summed E-state index contributed by atoms with van der Waals surface area (Å²) in [6.45, 7) is 0. The zero-order chi connectivity index (χ0) is 8.81. The van der Waals surface area contributed by atoms with E-state index in [4.69, 9.17) is 0 Å². The van der Waals surface area contributed by atoms with Gasteiger partial charge in [0.05, 0.1) is 9.52 Å². The normalized spacial score (nSPS) is 21.2. The van der Waals surface area contributed by atoms with Gasteiger partial charge in [0.25, 0.3) is 0 Å². The molecule has 1 saturated carbocycles. The van der Waals surface area contributed by atoms with Crippen LogP contribution < -0.4 is 10.6 Å². The van der Waals surface area contributed by atoms with Gasteiger partial charge in [-0.05, 0) is 19.6 Å². The van der Waals surface area contributed by atoms with Crippen LogP contribution >= 0.6 is 0 Å². The van der Waals surface area contributed by atoms with E-state index in [1.54, 1.807) is 0 Å². The highest BCUT2D eigenvalue weighted by Gasteiger charge is 2.17. The third kappa shape index (κ3) is 3.25. The molecule has 0 aromatic rings. The van der Waals surface area contributed by atoms with Gasteiger partial charge in [-0.1, -0.05) is 32.1 Å². The van der Waals surface area contributed by atoms with Crippen molar-refractivity contribution in [1.82, 2.24) is 10.6 Å². The standard InChI is InChI=1S/C9H22N2Si/c1-10-9(11-2)12-8-6-4-3-5-7-8/h8-11H,3-7,12H2,1-2H3. The van der Waals surface area contributed by atoms with Crippen molar-refractivity contribution in [3.63, 3.8) is 0 Å². The van der Waals surface area contributed by atoms with Crippen LogP contribution in [0.1, 0.15) is 32.1 Å². The molecule has 0 aromatic heterocycles. The molecule has 0 amide bonds. The van der Waals surface area contributed by atoms with Gasteiger partial charge in [0.15, 0.2) is 0 Å². The third-order valence-electron chi connectivity index (χ3n) is 2.99. The quantitative estimate of drug-likeness (QED) is 0.497. The van der Waals surface area contributed by atoms with Crippen molar-refractivity contribution in [3.8, 4) is 0 Å². The molecule has 12 heavy (non-hydrogen) atoms. The van der Waals surface area contributed by atoms with Crippen molar-refractivity contribution < 1.29 is 0 Å². The Balaban J connectivity index is 2.18. The van der Waals surface area contributed by atoms with Gasteiger partial charge in [0, 0.05) is 5.79 Å². The van der Waals surface area contributed by atoms with Crippen LogP contribution in [0.25, 0.3) is 0 Å². The monoisotopic (exact) mass is 186 g/mol. The summed E-state index contributed by atoms with van der Waals surface area (Å²) in [5.41, 5.74) is 1.10. The Labute approximate surface area is 78.3 Å². The minimum Gasteiger partial charge on any atom is -0.308 e. The lowest BCUT2D eigenvalue weighted by Gasteiger charge is -2.25. The molecule has 0 aliphatic heterocycles. The Morgan fingerprint density at radius 3 is 2.17 bits per heavy atom. The first kappa shape index (κ1) is 10.2. The van der Waals surface area contributed by atoms with Crippen LogP contribution in [0.2, 0.25) is 5.54 Å². The fourth-order valence-electron chi connectivity index (χ4n) is 2.14. The maximum absolute atomic E-state index is 3.35. The second kappa shape index (κ2) is 5.73. The van der Waals surface area contributed by atoms with Crippen molar-refractivity contribution in [2.45, 2.75) is 43.4 Å². The SMILES string of the molecule is CNC(NC)[SiH2]C1CCCCC1. The minimum absolute atomic E-state index is 0.0573. The topological polar surface area (TPSA) is 24.1 Å². The largest absolute Gasteiger partial charge is 0.308 e. The molecule has 2 nitrogen and oxygen atoms in total. The van der Waals surface area contributed by atoms with Gasteiger partial charge in [0.2, 0.25) is 0 Å². The summed E-state index contributed by atoms with van der Waals surface area (Å²) < 4.78 is 0. The molecule has 1 aliphatic carbocycles. The average Bonchev–Trinajstić information content (AvgIpc) is 2.16. The molecule has 1 fully saturated rings. The van der Waals surface area contributed by atoms with Gasteiger partial charge in [0.1, 0.15) is 0 Å². The lowest BCUT2D eigenvalue weighted by molar-refractivity contribution is 0.490. The van der Waals surface area contributed by atoms with Gasteiger partial charge < -0.3 is 10.6 Å². The zero-order valence-corrected chi connectivity index (χ0v) is 9.81. The van der Waals surface area contributed by atoms with E-state index in [0.717, 1.165) is 5.54 Å². The lowest BCUT2D eigenvalue weighted by atomic mass is 10.0. The van der Waals surface area contributed by atoms with Crippen molar-refractivity contribution in [1.29, 1.82) is 0 Å². The Morgan fingerprint density at radius 1 is 1.08 bits per heavy atom. The molecule has 2 N–H and O–H groups in total. The molecule has 0 unspecified atom stereocenters. The van der Waals surface area contributed by atoms with Crippen molar-refractivity contribution in [3.05, 3.63) is 0 Å². The summed E-state index contributed by atoms with van der Waals surface area (Å²) in [6, 6.07) is 0. The molecular weight excluding hydrogens is 164 g/mol. The second-order valence-electron chi connectivity index (χ2n) is 3.87. The van der Waals surface area contributed by atoms with Crippen molar-refractivity contribution >= 4 is 9.52 Å². The molecule has 0 heterocycles. The predicted molar refractivity (Wildman–Crippen MR) is 57.3 cm³/mol. The highest BCUT2D eigenvalue weighted by molar-refractivity contribution is 6.39. The molecular formula is C9H22N2Si. The fraction of sp³-hybridized carbons (Fsp3) is 1.00. The van der Waals surface area contributed by atoms with Crippen LogP contribution in [0.3, 0.4) is 0 Å². The minimum atomic E-state index is 0.0573. The van der Waals surface area contributed by atoms with Crippen LogP contribution in [0.5, 0.6) is 0 Å². The van der Waals surface area contributed by atoms with E-state index < -0.39 is 0 Å². The maximum Gasteiger partial charge on any atom is 0.0617 e. The Hall–Kier alpha value is 0.137. The van der Waals surface area contributed by atoms with Gasteiger partial charge in [-0.15, -0.1) is 0 Å². The zero-order valence-electron chi connectivity index (χ0n) is 8.40. The summed E-state index contributed by atoms with van der Waals surface area (Å²) in [4.78, 5) is 0. The summed E-state index contributed by atoms with van der Waals surface area (Å²) in [7, 11) is 4.19. The van der Waals surface area contributed by atoms with Gasteiger partial charge in [-0.25, -0.2) is 0 Å². The first-order chi connectivity index (χ1) is 5.86. The summed E-state index contributed by atoms with van der Waals surface area (Å²) in [6.07, 6.45) is 7.46. The summed E-state index contributed by atoms with van der Waals surface area (Å²) in [5, 5.41) is 6.70. The van der Waals surface area contributed by atoms with E-state index in [2.05, 4.69) is 24.7 Å². The van der Waals surface area contributed by atoms with Crippen LogP contribution in [0, 0.1) is 0 Å². The van der Waals surface area contributed by atoms with E-state index in [1.807, 2.05) is 0 Å². The van der Waals surface area contributed by atoms with Crippen molar-refractivity contribution in [2.75, 3.05) is 14.1 Å². The summed E-state index contributed by atoms with van der Waals surface area (Å²) >= 11 is 0. The van der Waals surface area contributed by atoms with Crippen LogP contribution in [-0.4, -0.2) is 29.4 Å². The highest BCUT2D eigenvalue weighted by atomic mass is 28.2. The average molecular weight is 186 g/mol. The molecule has 0 bridgehead atoms. The maximum atomic E-state index is 3.35. The predicted octanol–water partition coefficient (Wildman–Crippen LogP) is 0.630. The molecule has 0 aromatic carbocycles. The Morgan fingerprint density at radius 2 is 1.67 bits per heavy atom. The van der Waals surface area contributed by atoms with E-state index in [0.29, 0.717) is 5.79 Å². The molecule has 0 radical (unpaired) electrons. The van der Waals surface area contributed by atoms with Crippen molar-refractivity contribution in [2.24, 2.45) is 0 Å². The molecule has 1 rings (SSSR count). The third-order valence-corrected chi connectivity index (χ3v) is 5.76. The second-order valence-corrected chi connectivity index (χ2v) is 6.31. The van der Waals surface area contributed by atoms with Crippen LogP contribution in [0.4, 0.5) is 0 Å². The first-order valence-electron chi connectivity index (χ1n) is 5.21. The highest BCUT2D eigenvalue weighted by Crippen LogP contribution is 2.27. The number of hydrogen-bond acceptors (Lipinski definition) is 2. The Kier molecular flexibility index (Phi) is 4.88. The smallest absolute Gasteiger partial charge is 0.0617 e. The van der Waals surface area contributed by atoms with E-state index >= 15 is 0 Å². The van der Waals surface area contributed by atoms with E-state index in [1.165, 1.54) is 32.1 Å². The van der Waals surface area contributed by atoms with E-state index in [9.17, 15) is 0 Å². The fourth-order valence-corrected chi connectivity index (χ4v) is 4.32. The molecule has 72 valence electrons. The lowest BCUT2D eigenvalue weighted by Crippen LogP contribution is -2.44. The summed E-state index contributed by atoms with van der Waals surface area (Å²) in [5.74, 6) is 0.660.